The molecule has 0 aromatic carbocycles. The number of rotatable bonds is 5. The lowest BCUT2D eigenvalue weighted by atomic mass is 10.2. The summed E-state index contributed by atoms with van der Waals surface area (Å²) in [4.78, 5) is 11.6. The van der Waals surface area contributed by atoms with E-state index in [1.807, 2.05) is 0 Å². The van der Waals surface area contributed by atoms with E-state index < -0.39 is 7.60 Å². The normalized spacial score (nSPS) is 11.3. The molecule has 0 fully saturated rings. The van der Waals surface area contributed by atoms with Gasteiger partial charge in [0.15, 0.2) is 5.78 Å². The van der Waals surface area contributed by atoms with Gasteiger partial charge in [-0.25, -0.2) is 0 Å². The molecule has 0 N–H and O–H groups in total. The fraction of sp³-hybridized carbons (Fsp3) is 0.375. The molecule has 0 spiro atoms. The highest BCUT2D eigenvalue weighted by molar-refractivity contribution is 7.54. The molecule has 0 aliphatic rings. The molecule has 1 heterocycles. The van der Waals surface area contributed by atoms with Crippen molar-refractivity contribution < 1.29 is 18.4 Å². The van der Waals surface area contributed by atoms with E-state index in [-0.39, 0.29) is 11.9 Å². The van der Waals surface area contributed by atoms with Gasteiger partial charge in [0.1, 0.15) is 6.16 Å². The Kier molecular flexibility index (Phi) is 4.08. The van der Waals surface area contributed by atoms with Gasteiger partial charge >= 0.3 is 7.60 Å². The van der Waals surface area contributed by atoms with Gasteiger partial charge < -0.3 is 9.05 Å². The van der Waals surface area contributed by atoms with Crippen LogP contribution >= 0.6 is 7.60 Å². The molecule has 1 rings (SSSR count). The molecule has 0 saturated carbocycles. The molecule has 1 aromatic heterocycles. The molecule has 0 unspecified atom stereocenters. The first-order chi connectivity index (χ1) is 7.11. The summed E-state index contributed by atoms with van der Waals surface area (Å²) in [5.41, 5.74) is 0.333. The van der Waals surface area contributed by atoms with E-state index >= 15 is 0 Å². The van der Waals surface area contributed by atoms with E-state index in [4.69, 9.17) is 0 Å². The topological polar surface area (TPSA) is 78.4 Å². The van der Waals surface area contributed by atoms with Crippen LogP contribution in [-0.4, -0.2) is 36.4 Å². The molecule has 0 aliphatic carbocycles. The highest BCUT2D eigenvalue weighted by Gasteiger charge is 2.26. The van der Waals surface area contributed by atoms with Gasteiger partial charge in [0.25, 0.3) is 0 Å². The molecular weight excluding hydrogens is 219 g/mol. The van der Waals surface area contributed by atoms with E-state index in [0.29, 0.717) is 5.56 Å². The summed E-state index contributed by atoms with van der Waals surface area (Å²) in [5.74, 6) is -0.350. The number of nitrogens with zero attached hydrogens (tertiary/aromatic N) is 2. The van der Waals surface area contributed by atoms with Gasteiger partial charge in [0.2, 0.25) is 0 Å². The third-order valence-corrected chi connectivity index (χ3v) is 3.59. The maximum atomic E-state index is 11.6. The van der Waals surface area contributed by atoms with Crippen molar-refractivity contribution in [1.82, 2.24) is 10.2 Å². The fourth-order valence-electron chi connectivity index (χ4n) is 0.926. The molecule has 82 valence electrons. The Morgan fingerprint density at radius 2 is 2.07 bits per heavy atom. The molecule has 6 nitrogen and oxygen atoms in total. The van der Waals surface area contributed by atoms with Crippen LogP contribution < -0.4 is 0 Å². The van der Waals surface area contributed by atoms with Crippen LogP contribution in [-0.2, 0) is 13.6 Å². The zero-order valence-corrected chi connectivity index (χ0v) is 9.31. The van der Waals surface area contributed by atoms with Gasteiger partial charge in [-0.3, -0.25) is 9.36 Å². The summed E-state index contributed by atoms with van der Waals surface area (Å²) < 4.78 is 20.9. The predicted octanol–water partition coefficient (Wildman–Crippen LogP) is 1.15. The number of carbonyl (C=O) groups is 1. The summed E-state index contributed by atoms with van der Waals surface area (Å²) in [5, 5.41) is 7.08. The number of Topliss-reactive ketones (excluding diaryl/α,β-unsaturated/α-hetero) is 1. The third-order valence-electron chi connectivity index (χ3n) is 1.80. The Bertz CT molecular complexity index is 373. The molecule has 0 saturated heterocycles. The Morgan fingerprint density at radius 1 is 1.40 bits per heavy atom. The largest absolute Gasteiger partial charge is 0.337 e. The average molecular weight is 230 g/mol. The zero-order chi connectivity index (χ0) is 11.3. The highest BCUT2D eigenvalue weighted by atomic mass is 31.2. The summed E-state index contributed by atoms with van der Waals surface area (Å²) in [7, 11) is -0.824. The lowest BCUT2D eigenvalue weighted by molar-refractivity contribution is 0.101. The molecule has 0 radical (unpaired) electrons. The SMILES string of the molecule is COP(=O)(CC(=O)c1ccnnc1)OC. The molecule has 0 atom stereocenters. The minimum absolute atomic E-state index is 0.300. The third kappa shape index (κ3) is 3.20. The van der Waals surface area contributed by atoms with Gasteiger partial charge in [-0.05, 0) is 6.07 Å². The first kappa shape index (κ1) is 12.0. The molecule has 0 aliphatic heterocycles. The van der Waals surface area contributed by atoms with Crippen molar-refractivity contribution in [1.29, 1.82) is 0 Å². The van der Waals surface area contributed by atoms with Crippen LogP contribution in [0, 0.1) is 0 Å². The lowest BCUT2D eigenvalue weighted by Gasteiger charge is -2.11. The van der Waals surface area contributed by atoms with Crippen molar-refractivity contribution in [3.8, 4) is 0 Å². The van der Waals surface area contributed by atoms with E-state index in [1.54, 1.807) is 0 Å². The van der Waals surface area contributed by atoms with Crippen molar-refractivity contribution in [3.05, 3.63) is 24.0 Å². The van der Waals surface area contributed by atoms with Crippen LogP contribution in [0.2, 0.25) is 0 Å². The maximum Gasteiger partial charge on any atom is 0.337 e. The van der Waals surface area contributed by atoms with E-state index in [0.717, 1.165) is 0 Å². The van der Waals surface area contributed by atoms with Crippen LogP contribution in [0.1, 0.15) is 10.4 Å². The van der Waals surface area contributed by atoms with Crippen molar-refractivity contribution in [2.24, 2.45) is 0 Å². The van der Waals surface area contributed by atoms with Crippen LogP contribution in [0.15, 0.2) is 18.5 Å². The number of aromatic nitrogens is 2. The smallest absolute Gasteiger partial charge is 0.312 e. The molecule has 1 aromatic rings. The Morgan fingerprint density at radius 3 is 2.53 bits per heavy atom. The lowest BCUT2D eigenvalue weighted by Crippen LogP contribution is -2.08. The minimum Gasteiger partial charge on any atom is -0.312 e. The molecule has 15 heavy (non-hydrogen) atoms. The quantitative estimate of drug-likeness (QED) is 0.557. The molecular formula is C8H11N2O4P. The van der Waals surface area contributed by atoms with Gasteiger partial charge in [-0.1, -0.05) is 0 Å². The molecule has 0 bridgehead atoms. The van der Waals surface area contributed by atoms with Gasteiger partial charge in [0, 0.05) is 19.8 Å². The van der Waals surface area contributed by atoms with Gasteiger partial charge in [-0.2, -0.15) is 10.2 Å². The summed E-state index contributed by atoms with van der Waals surface area (Å²) in [6.45, 7) is 0. The van der Waals surface area contributed by atoms with Crippen LogP contribution in [0.3, 0.4) is 0 Å². The Balaban J connectivity index is 2.76. The molecule has 0 amide bonds. The van der Waals surface area contributed by atoms with Crippen molar-refractivity contribution >= 4 is 13.4 Å². The highest BCUT2D eigenvalue weighted by Crippen LogP contribution is 2.46. The summed E-state index contributed by atoms with van der Waals surface area (Å²) in [6.07, 6.45) is 2.39. The van der Waals surface area contributed by atoms with E-state index in [2.05, 4.69) is 19.2 Å². The fourth-order valence-corrected chi connectivity index (χ4v) is 1.87. The van der Waals surface area contributed by atoms with E-state index in [1.165, 1.54) is 32.7 Å². The molecule has 7 heteroatoms. The van der Waals surface area contributed by atoms with Crippen LogP contribution in [0.5, 0.6) is 0 Å². The number of carbonyl (C=O) groups excluding carboxylic acids is 1. The average Bonchev–Trinajstić information content (AvgIpc) is 2.30. The van der Waals surface area contributed by atoms with Crippen molar-refractivity contribution in [2.75, 3.05) is 20.4 Å². The maximum absolute atomic E-state index is 11.6. The minimum atomic E-state index is -3.30. The predicted molar refractivity (Wildman–Crippen MR) is 52.9 cm³/mol. The van der Waals surface area contributed by atoms with Gasteiger partial charge in [-0.15, -0.1) is 0 Å². The van der Waals surface area contributed by atoms with Crippen LogP contribution in [0.4, 0.5) is 0 Å². The zero-order valence-electron chi connectivity index (χ0n) is 8.41. The Labute approximate surface area is 87.2 Å². The second-order valence-corrected chi connectivity index (χ2v) is 4.96. The van der Waals surface area contributed by atoms with Crippen molar-refractivity contribution in [2.45, 2.75) is 0 Å². The summed E-state index contributed by atoms with van der Waals surface area (Å²) in [6, 6.07) is 1.49. The second kappa shape index (κ2) is 5.11. The van der Waals surface area contributed by atoms with Crippen LogP contribution in [0.25, 0.3) is 0 Å². The second-order valence-electron chi connectivity index (χ2n) is 2.69. The monoisotopic (exact) mass is 230 g/mol. The number of hydrogen-bond donors (Lipinski definition) is 0. The summed E-state index contributed by atoms with van der Waals surface area (Å²) >= 11 is 0. The first-order valence-corrected chi connectivity index (χ1v) is 5.84. The van der Waals surface area contributed by atoms with Gasteiger partial charge in [0.05, 0.1) is 12.4 Å². The standard InChI is InChI=1S/C8H11N2O4P/c1-13-15(12,14-2)6-8(11)7-3-4-9-10-5-7/h3-5H,6H2,1-2H3. The first-order valence-electron chi connectivity index (χ1n) is 4.12. The number of hydrogen-bond acceptors (Lipinski definition) is 6. The Hall–Kier alpha value is -1.10. The van der Waals surface area contributed by atoms with E-state index in [9.17, 15) is 9.36 Å². The number of ketones is 1. The van der Waals surface area contributed by atoms with Crippen molar-refractivity contribution in [3.63, 3.8) is 0 Å².